The van der Waals surface area contributed by atoms with Gasteiger partial charge in [-0.05, 0) is 39.0 Å². The van der Waals surface area contributed by atoms with Crippen LogP contribution < -0.4 is 5.32 Å². The number of cyclic esters (lactones) is 1. The van der Waals surface area contributed by atoms with Crippen LogP contribution in [0.2, 0.25) is 0 Å². The number of hydrogen-bond donors (Lipinski definition) is 2. The lowest BCUT2D eigenvalue weighted by molar-refractivity contribution is -0.136. The zero-order valence-electron chi connectivity index (χ0n) is 13.5. The molecule has 4 rings (SSSR count). The monoisotopic (exact) mass is 311 g/mol. The zero-order chi connectivity index (χ0) is 16.1. The molecule has 0 unspecified atom stereocenters. The van der Waals surface area contributed by atoms with E-state index in [1.54, 1.807) is 0 Å². The summed E-state index contributed by atoms with van der Waals surface area (Å²) in [4.78, 5) is 12.3. The molecule has 1 aliphatic carbocycles. The van der Waals surface area contributed by atoms with Crippen LogP contribution in [-0.4, -0.2) is 22.8 Å². The van der Waals surface area contributed by atoms with Gasteiger partial charge in [-0.2, -0.15) is 5.10 Å². The number of carbonyl (C=O) groups is 1. The Morgan fingerprint density at radius 3 is 3.00 bits per heavy atom. The van der Waals surface area contributed by atoms with E-state index >= 15 is 0 Å². The number of fused-ring (bicyclic) bond motifs is 1. The summed E-state index contributed by atoms with van der Waals surface area (Å²) in [5, 5.41) is 10.7. The van der Waals surface area contributed by atoms with Gasteiger partial charge in [0.25, 0.3) is 0 Å². The molecule has 2 N–H and O–H groups in total. The van der Waals surface area contributed by atoms with Crippen LogP contribution in [0.25, 0.3) is 0 Å². The number of H-pyrrole nitrogens is 1. The first-order chi connectivity index (χ1) is 11.1. The number of anilines is 1. The second-order valence-electron chi connectivity index (χ2n) is 6.73. The minimum absolute atomic E-state index is 0.0268. The third-order valence-electron chi connectivity index (χ3n) is 5.25. The molecular formula is C18H21N3O2. The summed E-state index contributed by atoms with van der Waals surface area (Å²) in [6.07, 6.45) is 5.37. The molecule has 1 aromatic rings. The molecule has 0 saturated carbocycles. The normalized spacial score (nSPS) is 26.2. The van der Waals surface area contributed by atoms with Crippen molar-refractivity contribution in [1.82, 2.24) is 10.2 Å². The van der Waals surface area contributed by atoms with Gasteiger partial charge in [0.15, 0.2) is 5.82 Å². The maximum absolute atomic E-state index is 12.3. The van der Waals surface area contributed by atoms with Crippen LogP contribution in [0.1, 0.15) is 43.4 Å². The van der Waals surface area contributed by atoms with Gasteiger partial charge >= 0.3 is 5.97 Å². The quantitative estimate of drug-likeness (QED) is 0.649. The first-order valence-corrected chi connectivity index (χ1v) is 8.12. The van der Waals surface area contributed by atoms with Crippen LogP contribution >= 0.6 is 0 Å². The molecule has 5 nitrogen and oxygen atoms in total. The fourth-order valence-electron chi connectivity index (χ4n) is 3.92. The summed E-state index contributed by atoms with van der Waals surface area (Å²) in [5.74, 6) is 1.15. The fourth-order valence-corrected chi connectivity index (χ4v) is 3.92. The Morgan fingerprint density at radius 2 is 2.30 bits per heavy atom. The highest BCUT2D eigenvalue weighted by atomic mass is 16.5. The number of carbonyl (C=O) groups excluding carboxylic acids is 1. The maximum atomic E-state index is 12.3. The molecule has 3 heterocycles. The van der Waals surface area contributed by atoms with E-state index in [9.17, 15) is 4.79 Å². The average molecular weight is 311 g/mol. The van der Waals surface area contributed by atoms with Gasteiger partial charge in [0.1, 0.15) is 6.61 Å². The largest absolute Gasteiger partial charge is 0.456 e. The highest BCUT2D eigenvalue weighted by Crippen LogP contribution is 2.47. The third-order valence-corrected chi connectivity index (χ3v) is 5.25. The topological polar surface area (TPSA) is 67.0 Å². The summed E-state index contributed by atoms with van der Waals surface area (Å²) in [6, 6.07) is 0. The molecule has 0 amide bonds. The number of rotatable bonds is 2. The Bertz CT molecular complexity index is 769. The molecule has 0 saturated heterocycles. The lowest BCUT2D eigenvalue weighted by atomic mass is 9.75. The maximum Gasteiger partial charge on any atom is 0.337 e. The van der Waals surface area contributed by atoms with Crippen LogP contribution in [0.4, 0.5) is 5.82 Å². The molecule has 0 aromatic carbocycles. The molecule has 2 aliphatic heterocycles. The number of nitrogens with zero attached hydrogens (tertiary/aromatic N) is 1. The summed E-state index contributed by atoms with van der Waals surface area (Å²) in [6.45, 7) is 8.51. The molecule has 5 heteroatoms. The van der Waals surface area contributed by atoms with E-state index in [1.807, 2.05) is 6.92 Å². The molecule has 0 radical (unpaired) electrons. The molecule has 0 fully saturated rings. The first kappa shape index (κ1) is 14.3. The van der Waals surface area contributed by atoms with Crippen molar-refractivity contribution >= 4 is 11.8 Å². The van der Waals surface area contributed by atoms with Gasteiger partial charge in [0, 0.05) is 17.2 Å². The van der Waals surface area contributed by atoms with Crippen molar-refractivity contribution in [3.8, 4) is 0 Å². The summed E-state index contributed by atoms with van der Waals surface area (Å²) < 4.78 is 5.27. The van der Waals surface area contributed by atoms with Crippen molar-refractivity contribution in [1.29, 1.82) is 0 Å². The standard InChI is InChI=1S/C18H21N3O2/c1-9(2)11-4-6-12(7-5-11)15-14-10(3)20-21-17(14)19-13-8-23-18(22)16(13)15/h6,11,15H,1,4-5,7-8H2,2-3H3,(H2,19,20,21)/t11-,15-/m0/s1. The average Bonchev–Trinajstić information content (AvgIpc) is 3.10. The lowest BCUT2D eigenvalue weighted by Gasteiger charge is -2.30. The minimum atomic E-state index is -0.202. The van der Waals surface area contributed by atoms with Crippen molar-refractivity contribution in [3.05, 3.63) is 46.3 Å². The van der Waals surface area contributed by atoms with Crippen LogP contribution in [0.3, 0.4) is 0 Å². The van der Waals surface area contributed by atoms with E-state index in [4.69, 9.17) is 4.74 Å². The highest BCUT2D eigenvalue weighted by Gasteiger charge is 2.41. The van der Waals surface area contributed by atoms with Gasteiger partial charge in [0.05, 0.1) is 11.3 Å². The molecule has 3 aliphatic rings. The molecule has 0 bridgehead atoms. The van der Waals surface area contributed by atoms with Crippen LogP contribution in [-0.2, 0) is 9.53 Å². The molecule has 120 valence electrons. The Balaban J connectivity index is 1.77. The third kappa shape index (κ3) is 2.14. The van der Waals surface area contributed by atoms with E-state index in [0.29, 0.717) is 12.5 Å². The Hall–Kier alpha value is -2.30. The van der Waals surface area contributed by atoms with Gasteiger partial charge in [-0.25, -0.2) is 4.79 Å². The van der Waals surface area contributed by atoms with Gasteiger partial charge in [0.2, 0.25) is 0 Å². The SMILES string of the molecule is C=C(C)[C@H]1CC=C([C@@H]2C3=C(COC3=O)Nc3n[nH]c(C)c32)CC1. The predicted molar refractivity (Wildman–Crippen MR) is 87.9 cm³/mol. The number of hydrogen-bond acceptors (Lipinski definition) is 4. The van der Waals surface area contributed by atoms with E-state index in [0.717, 1.165) is 47.6 Å². The van der Waals surface area contributed by atoms with Crippen molar-refractivity contribution in [2.24, 2.45) is 5.92 Å². The van der Waals surface area contributed by atoms with Crippen molar-refractivity contribution in [2.75, 3.05) is 11.9 Å². The number of aryl methyl sites for hydroxylation is 1. The lowest BCUT2D eigenvalue weighted by Crippen LogP contribution is -2.22. The Morgan fingerprint density at radius 1 is 1.48 bits per heavy atom. The van der Waals surface area contributed by atoms with Crippen molar-refractivity contribution in [3.63, 3.8) is 0 Å². The van der Waals surface area contributed by atoms with Crippen molar-refractivity contribution in [2.45, 2.75) is 39.0 Å². The van der Waals surface area contributed by atoms with Gasteiger partial charge in [-0.15, -0.1) is 0 Å². The zero-order valence-corrected chi connectivity index (χ0v) is 13.5. The van der Waals surface area contributed by atoms with E-state index < -0.39 is 0 Å². The molecule has 1 aromatic heterocycles. The second kappa shape index (κ2) is 5.11. The smallest absolute Gasteiger partial charge is 0.337 e. The summed E-state index contributed by atoms with van der Waals surface area (Å²) in [5.41, 5.74) is 6.27. The van der Waals surface area contributed by atoms with E-state index in [2.05, 4.69) is 35.1 Å². The first-order valence-electron chi connectivity index (χ1n) is 8.12. The molecule has 0 spiro atoms. The number of nitrogens with one attached hydrogen (secondary N) is 2. The van der Waals surface area contributed by atoms with Gasteiger partial charge in [-0.3, -0.25) is 5.10 Å². The van der Waals surface area contributed by atoms with Gasteiger partial charge in [-0.1, -0.05) is 23.8 Å². The van der Waals surface area contributed by atoms with Crippen molar-refractivity contribution < 1.29 is 9.53 Å². The molecular weight excluding hydrogens is 290 g/mol. The van der Waals surface area contributed by atoms with Crippen LogP contribution in [0, 0.1) is 12.8 Å². The van der Waals surface area contributed by atoms with Gasteiger partial charge < -0.3 is 10.1 Å². The number of aromatic amines is 1. The number of ether oxygens (including phenoxy) is 1. The van der Waals surface area contributed by atoms with Crippen LogP contribution in [0.15, 0.2) is 35.1 Å². The van der Waals surface area contributed by atoms with Crippen LogP contribution in [0.5, 0.6) is 0 Å². The molecule has 23 heavy (non-hydrogen) atoms. The Kier molecular flexibility index (Phi) is 3.18. The number of allylic oxidation sites excluding steroid dienone is 3. The van der Waals surface area contributed by atoms with E-state index in [-0.39, 0.29) is 11.9 Å². The fraction of sp³-hybridized carbons (Fsp3) is 0.444. The summed E-state index contributed by atoms with van der Waals surface area (Å²) in [7, 11) is 0. The minimum Gasteiger partial charge on any atom is -0.456 e. The second-order valence-corrected chi connectivity index (χ2v) is 6.73. The summed E-state index contributed by atoms with van der Waals surface area (Å²) >= 11 is 0. The molecule has 2 atom stereocenters. The number of esters is 1. The Labute approximate surface area is 135 Å². The van der Waals surface area contributed by atoms with E-state index in [1.165, 1.54) is 11.1 Å². The highest BCUT2D eigenvalue weighted by molar-refractivity contribution is 5.97. The number of aromatic nitrogens is 2. The predicted octanol–water partition coefficient (Wildman–Crippen LogP) is 3.34.